The van der Waals surface area contributed by atoms with Gasteiger partial charge in [-0.2, -0.15) is 0 Å². The van der Waals surface area contributed by atoms with Gasteiger partial charge in [0.15, 0.2) is 5.76 Å². The molecule has 1 fully saturated rings. The zero-order valence-electron chi connectivity index (χ0n) is 10.0. The van der Waals surface area contributed by atoms with Crippen LogP contribution in [0.4, 0.5) is 0 Å². The average Bonchev–Trinajstić information content (AvgIpc) is 2.74. The Morgan fingerprint density at radius 2 is 2.29 bits per heavy atom. The third-order valence-electron chi connectivity index (χ3n) is 3.41. The van der Waals surface area contributed by atoms with Crippen LogP contribution >= 0.6 is 11.6 Å². The molecule has 94 valence electrons. The van der Waals surface area contributed by atoms with Gasteiger partial charge in [0.2, 0.25) is 0 Å². The van der Waals surface area contributed by atoms with Crippen LogP contribution in [0.5, 0.6) is 0 Å². The maximum absolute atomic E-state index is 11.8. The Hall–Kier alpha value is -0.960. The zero-order valence-corrected chi connectivity index (χ0v) is 10.8. The summed E-state index contributed by atoms with van der Waals surface area (Å²) in [5.74, 6) is 0.665. The molecule has 17 heavy (non-hydrogen) atoms. The highest BCUT2D eigenvalue weighted by atomic mass is 35.5. The predicted octanol–water partition coefficient (Wildman–Crippen LogP) is 3.12. The molecular weight excluding hydrogens is 238 g/mol. The molecule has 0 aromatic carbocycles. The highest BCUT2D eigenvalue weighted by Crippen LogP contribution is 2.28. The van der Waals surface area contributed by atoms with Crippen LogP contribution in [-0.4, -0.2) is 17.8 Å². The summed E-state index contributed by atoms with van der Waals surface area (Å²) in [6.07, 6.45) is 6.11. The van der Waals surface area contributed by atoms with Crippen molar-refractivity contribution in [3.8, 4) is 0 Å². The fourth-order valence-electron chi connectivity index (χ4n) is 2.30. The Kier molecular flexibility index (Phi) is 4.11. The second kappa shape index (κ2) is 5.58. The van der Waals surface area contributed by atoms with Crippen molar-refractivity contribution in [2.45, 2.75) is 38.0 Å². The molecule has 0 radical (unpaired) electrons. The predicted molar refractivity (Wildman–Crippen MR) is 67.4 cm³/mol. The van der Waals surface area contributed by atoms with Crippen molar-refractivity contribution in [2.75, 3.05) is 6.54 Å². The summed E-state index contributed by atoms with van der Waals surface area (Å²) in [6, 6.07) is 1.79. The molecule has 0 aliphatic heterocycles. The van der Waals surface area contributed by atoms with E-state index in [4.69, 9.17) is 16.0 Å². The standard InChI is InChI=1S/C13H18ClNO2/c1-9-6-7-17-12(9)13(16)15-8-10-4-2-3-5-11(10)14/h6-7,10-11H,2-5,8H2,1H3,(H,15,16). The van der Waals surface area contributed by atoms with Crippen molar-refractivity contribution in [3.63, 3.8) is 0 Å². The van der Waals surface area contributed by atoms with Crippen LogP contribution in [0.2, 0.25) is 0 Å². The number of hydrogen-bond acceptors (Lipinski definition) is 2. The zero-order chi connectivity index (χ0) is 12.3. The molecule has 0 bridgehead atoms. The molecule has 1 heterocycles. The van der Waals surface area contributed by atoms with E-state index in [2.05, 4.69) is 5.32 Å². The molecule has 4 heteroatoms. The van der Waals surface area contributed by atoms with Gasteiger partial charge in [0, 0.05) is 17.5 Å². The quantitative estimate of drug-likeness (QED) is 0.844. The molecule has 2 unspecified atom stereocenters. The number of alkyl halides is 1. The highest BCUT2D eigenvalue weighted by molar-refractivity contribution is 6.20. The largest absolute Gasteiger partial charge is 0.459 e. The molecule has 0 saturated heterocycles. The van der Waals surface area contributed by atoms with E-state index in [0.29, 0.717) is 18.2 Å². The third-order valence-corrected chi connectivity index (χ3v) is 3.98. The lowest BCUT2D eigenvalue weighted by molar-refractivity contribution is 0.0915. The minimum atomic E-state index is -0.137. The number of carbonyl (C=O) groups is 1. The maximum Gasteiger partial charge on any atom is 0.287 e. The Morgan fingerprint density at radius 1 is 1.53 bits per heavy atom. The van der Waals surface area contributed by atoms with Crippen molar-refractivity contribution in [1.82, 2.24) is 5.32 Å². The second-order valence-corrected chi connectivity index (χ2v) is 5.26. The molecule has 2 atom stereocenters. The van der Waals surface area contributed by atoms with Gasteiger partial charge in [0.1, 0.15) is 0 Å². The van der Waals surface area contributed by atoms with Gasteiger partial charge in [0.25, 0.3) is 5.91 Å². The van der Waals surface area contributed by atoms with E-state index < -0.39 is 0 Å². The third kappa shape index (κ3) is 3.03. The van der Waals surface area contributed by atoms with Crippen molar-refractivity contribution in [1.29, 1.82) is 0 Å². The molecule has 1 aromatic rings. The first kappa shape index (κ1) is 12.5. The van der Waals surface area contributed by atoms with Crippen LogP contribution in [-0.2, 0) is 0 Å². The van der Waals surface area contributed by atoms with E-state index in [1.165, 1.54) is 19.1 Å². The molecule has 3 nitrogen and oxygen atoms in total. The average molecular weight is 256 g/mol. The number of nitrogens with one attached hydrogen (secondary N) is 1. The van der Waals surface area contributed by atoms with Gasteiger partial charge in [-0.1, -0.05) is 12.8 Å². The van der Waals surface area contributed by atoms with Crippen LogP contribution in [0.15, 0.2) is 16.7 Å². The van der Waals surface area contributed by atoms with Crippen LogP contribution < -0.4 is 5.32 Å². The van der Waals surface area contributed by atoms with Crippen LogP contribution in [0.3, 0.4) is 0 Å². The lowest BCUT2D eigenvalue weighted by Gasteiger charge is -2.26. The molecule has 1 saturated carbocycles. The summed E-state index contributed by atoms with van der Waals surface area (Å²) in [5.41, 5.74) is 0.869. The molecule has 1 aromatic heterocycles. The summed E-state index contributed by atoms with van der Waals surface area (Å²) in [4.78, 5) is 11.8. The van der Waals surface area contributed by atoms with Gasteiger partial charge in [-0.05, 0) is 31.7 Å². The Morgan fingerprint density at radius 3 is 2.94 bits per heavy atom. The van der Waals surface area contributed by atoms with Crippen molar-refractivity contribution >= 4 is 17.5 Å². The van der Waals surface area contributed by atoms with Crippen molar-refractivity contribution < 1.29 is 9.21 Å². The number of carbonyl (C=O) groups excluding carboxylic acids is 1. The Labute approximate surface area is 107 Å². The first-order chi connectivity index (χ1) is 8.18. The summed E-state index contributed by atoms with van der Waals surface area (Å²) < 4.78 is 5.15. The van der Waals surface area contributed by atoms with E-state index in [0.717, 1.165) is 18.4 Å². The molecule has 1 aliphatic rings. The lowest BCUT2D eigenvalue weighted by Crippen LogP contribution is -2.34. The fourth-order valence-corrected chi connectivity index (χ4v) is 2.67. The van der Waals surface area contributed by atoms with Crippen LogP contribution in [0.1, 0.15) is 41.8 Å². The van der Waals surface area contributed by atoms with Crippen molar-refractivity contribution in [2.24, 2.45) is 5.92 Å². The monoisotopic (exact) mass is 255 g/mol. The Bertz CT molecular complexity index is 389. The number of furan rings is 1. The first-order valence-electron chi connectivity index (χ1n) is 6.15. The smallest absolute Gasteiger partial charge is 0.287 e. The topological polar surface area (TPSA) is 42.2 Å². The van der Waals surface area contributed by atoms with Gasteiger partial charge < -0.3 is 9.73 Å². The van der Waals surface area contributed by atoms with Gasteiger partial charge >= 0.3 is 0 Å². The SMILES string of the molecule is Cc1ccoc1C(=O)NCC1CCCCC1Cl. The normalized spacial score (nSPS) is 24.6. The van der Waals surface area contributed by atoms with E-state index in [1.54, 1.807) is 6.07 Å². The highest BCUT2D eigenvalue weighted by Gasteiger charge is 2.24. The minimum absolute atomic E-state index is 0.137. The van der Waals surface area contributed by atoms with E-state index in [1.807, 2.05) is 6.92 Å². The summed E-state index contributed by atoms with van der Waals surface area (Å²) >= 11 is 6.25. The lowest BCUT2D eigenvalue weighted by atomic mass is 9.89. The molecule has 2 rings (SSSR count). The number of hydrogen-bond donors (Lipinski definition) is 1. The summed E-state index contributed by atoms with van der Waals surface area (Å²) in [7, 11) is 0. The number of rotatable bonds is 3. The molecule has 1 aliphatic carbocycles. The molecule has 0 spiro atoms. The van der Waals surface area contributed by atoms with Gasteiger partial charge in [0.05, 0.1) is 6.26 Å². The van der Waals surface area contributed by atoms with Gasteiger partial charge in [-0.3, -0.25) is 4.79 Å². The first-order valence-corrected chi connectivity index (χ1v) is 6.58. The minimum Gasteiger partial charge on any atom is -0.459 e. The van der Waals surface area contributed by atoms with E-state index >= 15 is 0 Å². The van der Waals surface area contributed by atoms with Crippen LogP contribution in [0.25, 0.3) is 0 Å². The number of halogens is 1. The summed E-state index contributed by atoms with van der Waals surface area (Å²) in [5, 5.41) is 3.10. The van der Waals surface area contributed by atoms with Crippen LogP contribution in [0, 0.1) is 12.8 Å². The second-order valence-electron chi connectivity index (χ2n) is 4.70. The number of aryl methyl sites for hydroxylation is 1. The molecule has 1 N–H and O–H groups in total. The van der Waals surface area contributed by atoms with Gasteiger partial charge in [-0.15, -0.1) is 11.6 Å². The maximum atomic E-state index is 11.8. The molecular formula is C13H18ClNO2. The van der Waals surface area contributed by atoms with Gasteiger partial charge in [-0.25, -0.2) is 0 Å². The fraction of sp³-hybridized carbons (Fsp3) is 0.615. The van der Waals surface area contributed by atoms with E-state index in [-0.39, 0.29) is 11.3 Å². The van der Waals surface area contributed by atoms with E-state index in [9.17, 15) is 4.79 Å². The number of amides is 1. The Balaban J connectivity index is 1.86. The summed E-state index contributed by atoms with van der Waals surface area (Å²) in [6.45, 7) is 2.51. The molecule has 1 amide bonds. The van der Waals surface area contributed by atoms with Crippen molar-refractivity contribution in [3.05, 3.63) is 23.7 Å².